The molecular weight excluding hydrogens is 269 g/mol. The number of aliphatic hydroxyl groups excluding tert-OH is 1. The molecule has 3 nitrogen and oxygen atoms in total. The molecule has 14 heavy (non-hydrogen) atoms. The minimum absolute atomic E-state index is 0.145. The van der Waals surface area contributed by atoms with Crippen LogP contribution in [0.4, 0.5) is 0 Å². The average Bonchev–Trinajstić information content (AvgIpc) is 2.20. The lowest BCUT2D eigenvalue weighted by Gasteiger charge is -2.14. The first-order valence-corrected chi connectivity index (χ1v) is 5.16. The van der Waals surface area contributed by atoms with Crippen molar-refractivity contribution in [1.82, 2.24) is 0 Å². The van der Waals surface area contributed by atoms with Crippen LogP contribution in [0.2, 0.25) is 5.02 Å². The first-order chi connectivity index (χ1) is 6.60. The first-order valence-electron chi connectivity index (χ1n) is 3.99. The van der Waals surface area contributed by atoms with Gasteiger partial charge in [0.2, 0.25) is 0 Å². The zero-order chi connectivity index (χ0) is 10.7. The van der Waals surface area contributed by atoms with E-state index >= 15 is 0 Å². The molecule has 1 aromatic carbocycles. The molecule has 0 aliphatic heterocycles. The Balaban J connectivity index is 3.19. The van der Waals surface area contributed by atoms with Gasteiger partial charge < -0.3 is 15.6 Å². The van der Waals surface area contributed by atoms with Gasteiger partial charge in [-0.3, -0.25) is 0 Å². The van der Waals surface area contributed by atoms with Crippen molar-refractivity contribution in [2.45, 2.75) is 6.04 Å². The zero-order valence-corrected chi connectivity index (χ0v) is 9.97. The molecule has 0 bridgehead atoms. The van der Waals surface area contributed by atoms with E-state index in [0.717, 1.165) is 4.47 Å². The van der Waals surface area contributed by atoms with E-state index in [1.165, 1.54) is 0 Å². The summed E-state index contributed by atoms with van der Waals surface area (Å²) < 4.78 is 5.87. The van der Waals surface area contributed by atoms with Crippen molar-refractivity contribution in [1.29, 1.82) is 0 Å². The summed E-state index contributed by atoms with van der Waals surface area (Å²) in [6.45, 7) is -0.145. The Labute approximate surface area is 95.9 Å². The Bertz CT molecular complexity index is 333. The van der Waals surface area contributed by atoms with Crippen LogP contribution in [-0.2, 0) is 0 Å². The van der Waals surface area contributed by atoms with E-state index in [9.17, 15) is 0 Å². The molecular formula is C9H11BrClNO2. The smallest absolute Gasteiger partial charge is 0.124 e. The van der Waals surface area contributed by atoms with E-state index in [0.29, 0.717) is 16.3 Å². The van der Waals surface area contributed by atoms with Gasteiger partial charge in [-0.2, -0.15) is 0 Å². The molecule has 0 radical (unpaired) electrons. The molecule has 0 aromatic heterocycles. The summed E-state index contributed by atoms with van der Waals surface area (Å²) in [6.07, 6.45) is 0. The zero-order valence-electron chi connectivity index (χ0n) is 7.63. The normalized spacial score (nSPS) is 12.6. The van der Waals surface area contributed by atoms with Crippen molar-refractivity contribution in [3.8, 4) is 5.75 Å². The summed E-state index contributed by atoms with van der Waals surface area (Å²) in [5.41, 5.74) is 6.38. The van der Waals surface area contributed by atoms with Gasteiger partial charge in [0.25, 0.3) is 0 Å². The Morgan fingerprint density at radius 3 is 2.79 bits per heavy atom. The van der Waals surface area contributed by atoms with Crippen LogP contribution in [0, 0.1) is 0 Å². The fraction of sp³-hybridized carbons (Fsp3) is 0.333. The summed E-state index contributed by atoms with van der Waals surface area (Å²) in [4.78, 5) is 0. The lowest BCUT2D eigenvalue weighted by atomic mass is 10.1. The highest BCUT2D eigenvalue weighted by atomic mass is 79.9. The lowest BCUT2D eigenvalue weighted by molar-refractivity contribution is 0.264. The Morgan fingerprint density at radius 1 is 1.64 bits per heavy atom. The average molecular weight is 281 g/mol. The maximum absolute atomic E-state index is 8.93. The molecule has 3 N–H and O–H groups in total. The number of aliphatic hydroxyl groups is 1. The van der Waals surface area contributed by atoms with Gasteiger partial charge in [-0.05, 0) is 28.1 Å². The minimum Gasteiger partial charge on any atom is -0.496 e. The van der Waals surface area contributed by atoms with Crippen molar-refractivity contribution in [3.05, 3.63) is 27.2 Å². The number of halogens is 2. The topological polar surface area (TPSA) is 55.5 Å². The van der Waals surface area contributed by atoms with Crippen LogP contribution < -0.4 is 10.5 Å². The second-order valence-corrected chi connectivity index (χ2v) is 4.06. The molecule has 0 amide bonds. The third-order valence-corrected chi connectivity index (χ3v) is 3.07. The quantitative estimate of drug-likeness (QED) is 0.891. The number of hydrogen-bond acceptors (Lipinski definition) is 3. The van der Waals surface area contributed by atoms with Crippen molar-refractivity contribution in [2.24, 2.45) is 5.73 Å². The van der Waals surface area contributed by atoms with Crippen LogP contribution in [0.5, 0.6) is 5.75 Å². The van der Waals surface area contributed by atoms with E-state index in [1.54, 1.807) is 19.2 Å². The molecule has 0 heterocycles. The number of hydrogen-bond donors (Lipinski definition) is 2. The lowest BCUT2D eigenvalue weighted by Crippen LogP contribution is -2.15. The van der Waals surface area contributed by atoms with E-state index in [2.05, 4.69) is 15.9 Å². The standard InChI is InChI=1S/C9H11BrClNO2/c1-14-9-3-6(10)7(11)2-5(9)8(12)4-13/h2-3,8,13H,4,12H2,1H3. The molecule has 0 saturated carbocycles. The summed E-state index contributed by atoms with van der Waals surface area (Å²) >= 11 is 9.18. The van der Waals surface area contributed by atoms with E-state index < -0.39 is 6.04 Å². The molecule has 1 aromatic rings. The first kappa shape index (κ1) is 11.8. The molecule has 0 spiro atoms. The predicted molar refractivity (Wildman–Crippen MR) is 59.7 cm³/mol. The highest BCUT2D eigenvalue weighted by molar-refractivity contribution is 9.10. The molecule has 0 saturated heterocycles. The highest BCUT2D eigenvalue weighted by Crippen LogP contribution is 2.33. The third-order valence-electron chi connectivity index (χ3n) is 1.87. The summed E-state index contributed by atoms with van der Waals surface area (Å²) in [6, 6.07) is 2.94. The maximum Gasteiger partial charge on any atom is 0.124 e. The Kier molecular flexibility index (Phi) is 4.19. The van der Waals surface area contributed by atoms with E-state index in [1.807, 2.05) is 0 Å². The monoisotopic (exact) mass is 279 g/mol. The van der Waals surface area contributed by atoms with Crippen LogP contribution in [-0.4, -0.2) is 18.8 Å². The van der Waals surface area contributed by atoms with Gasteiger partial charge in [-0.25, -0.2) is 0 Å². The fourth-order valence-corrected chi connectivity index (χ4v) is 1.60. The van der Waals surface area contributed by atoms with Gasteiger partial charge in [0, 0.05) is 10.0 Å². The van der Waals surface area contributed by atoms with Crippen molar-refractivity contribution in [2.75, 3.05) is 13.7 Å². The van der Waals surface area contributed by atoms with Gasteiger partial charge >= 0.3 is 0 Å². The van der Waals surface area contributed by atoms with Crippen molar-refractivity contribution in [3.63, 3.8) is 0 Å². The van der Waals surface area contributed by atoms with Crippen LogP contribution in [0.15, 0.2) is 16.6 Å². The number of methoxy groups -OCH3 is 1. The minimum atomic E-state index is -0.476. The van der Waals surface area contributed by atoms with Gasteiger partial charge in [0.1, 0.15) is 5.75 Å². The van der Waals surface area contributed by atoms with E-state index in [4.69, 9.17) is 27.2 Å². The second-order valence-electron chi connectivity index (χ2n) is 2.80. The summed E-state index contributed by atoms with van der Waals surface area (Å²) in [7, 11) is 1.54. The van der Waals surface area contributed by atoms with Crippen LogP contribution >= 0.6 is 27.5 Å². The van der Waals surface area contributed by atoms with Gasteiger partial charge in [-0.1, -0.05) is 11.6 Å². The maximum atomic E-state index is 8.93. The van der Waals surface area contributed by atoms with Crippen LogP contribution in [0.1, 0.15) is 11.6 Å². The molecule has 0 aliphatic carbocycles. The largest absolute Gasteiger partial charge is 0.496 e. The van der Waals surface area contributed by atoms with E-state index in [-0.39, 0.29) is 6.61 Å². The number of rotatable bonds is 3. The van der Waals surface area contributed by atoms with Gasteiger partial charge in [-0.15, -0.1) is 0 Å². The molecule has 1 atom stereocenters. The number of ether oxygens (including phenoxy) is 1. The molecule has 5 heteroatoms. The molecule has 0 aliphatic rings. The SMILES string of the molecule is COc1cc(Br)c(Cl)cc1C(N)CO. The fourth-order valence-electron chi connectivity index (χ4n) is 1.11. The predicted octanol–water partition coefficient (Wildman–Crippen LogP) is 2.10. The molecule has 0 fully saturated rings. The summed E-state index contributed by atoms with van der Waals surface area (Å²) in [5, 5.41) is 9.48. The van der Waals surface area contributed by atoms with Crippen LogP contribution in [0.25, 0.3) is 0 Å². The van der Waals surface area contributed by atoms with Crippen molar-refractivity contribution >= 4 is 27.5 Å². The Morgan fingerprint density at radius 2 is 2.29 bits per heavy atom. The van der Waals surface area contributed by atoms with Gasteiger partial charge in [0.15, 0.2) is 0 Å². The van der Waals surface area contributed by atoms with Crippen LogP contribution in [0.3, 0.4) is 0 Å². The molecule has 78 valence electrons. The Hall–Kier alpha value is -0.290. The highest BCUT2D eigenvalue weighted by Gasteiger charge is 2.13. The number of nitrogens with two attached hydrogens (primary N) is 1. The second kappa shape index (κ2) is 4.98. The van der Waals surface area contributed by atoms with Gasteiger partial charge in [0.05, 0.1) is 24.8 Å². The number of benzene rings is 1. The summed E-state index contributed by atoms with van der Waals surface area (Å²) in [5.74, 6) is 0.614. The molecule has 1 rings (SSSR count). The van der Waals surface area contributed by atoms with Crippen molar-refractivity contribution < 1.29 is 9.84 Å². The molecule has 1 unspecified atom stereocenters. The third kappa shape index (κ3) is 2.39.